The van der Waals surface area contributed by atoms with E-state index < -0.39 is 28.7 Å². The Labute approximate surface area is 230 Å². The summed E-state index contributed by atoms with van der Waals surface area (Å²) in [6, 6.07) is 3.80. The van der Waals surface area contributed by atoms with Crippen LogP contribution in [0.4, 0.5) is 8.78 Å². The maximum Gasteiger partial charge on any atom is 0.349 e. The van der Waals surface area contributed by atoms with E-state index >= 15 is 8.78 Å². The van der Waals surface area contributed by atoms with E-state index in [9.17, 15) is 9.59 Å². The average Bonchev–Trinajstić information content (AvgIpc) is 3.27. The molecular weight excluding hydrogens is 559 g/mol. The summed E-state index contributed by atoms with van der Waals surface area (Å²) in [7, 11) is 1.83. The van der Waals surface area contributed by atoms with E-state index in [4.69, 9.17) is 27.6 Å². The predicted molar refractivity (Wildman–Crippen MR) is 135 cm³/mol. The molecule has 200 valence electrons. The van der Waals surface area contributed by atoms with E-state index in [1.807, 2.05) is 11.9 Å². The summed E-state index contributed by atoms with van der Waals surface area (Å²) in [5, 5.41) is 7.83. The highest BCUT2D eigenvalue weighted by Gasteiger charge is 2.60. The Balaban J connectivity index is 1.28. The Hall–Kier alpha value is -2.63. The lowest BCUT2D eigenvalue weighted by Gasteiger charge is -2.47. The molecule has 0 N–H and O–H groups in total. The summed E-state index contributed by atoms with van der Waals surface area (Å²) >= 11 is 13.1. The lowest BCUT2D eigenvalue weighted by molar-refractivity contribution is -0.143. The maximum atomic E-state index is 15.3. The predicted octanol–water partition coefficient (Wildman–Crippen LogP) is 5.23. The molecule has 2 saturated carbocycles. The van der Waals surface area contributed by atoms with E-state index in [1.54, 1.807) is 10.4 Å². The Kier molecular flexibility index (Phi) is 6.23. The van der Waals surface area contributed by atoms with Crippen molar-refractivity contribution in [2.45, 2.75) is 43.6 Å². The van der Waals surface area contributed by atoms with Crippen LogP contribution in [-0.4, -0.2) is 63.0 Å². The third-order valence-corrected chi connectivity index (χ3v) is 9.47. The van der Waals surface area contributed by atoms with Crippen molar-refractivity contribution in [3.8, 4) is 0 Å². The maximum absolute atomic E-state index is 15.3. The van der Waals surface area contributed by atoms with E-state index in [0.717, 1.165) is 25.0 Å². The topological polar surface area (TPSA) is 92.4 Å². The number of hydrogen-bond donors (Lipinski definition) is 0. The first-order chi connectivity index (χ1) is 18.1. The minimum atomic E-state index is -3.60. The van der Waals surface area contributed by atoms with Crippen molar-refractivity contribution in [2.24, 2.45) is 11.3 Å². The van der Waals surface area contributed by atoms with Gasteiger partial charge in [-0.1, -0.05) is 29.3 Å². The zero-order valence-electron chi connectivity index (χ0n) is 20.2. The summed E-state index contributed by atoms with van der Waals surface area (Å²) in [6.45, 7) is 0.586. The molecule has 3 aliphatic rings. The molecule has 3 aromatic rings. The minimum Gasteiger partial charge on any atom is -0.419 e. The minimum absolute atomic E-state index is 0.0168. The third kappa shape index (κ3) is 4.28. The zero-order chi connectivity index (χ0) is 26.8. The number of aromatic nitrogens is 3. The smallest absolute Gasteiger partial charge is 0.349 e. The summed E-state index contributed by atoms with van der Waals surface area (Å²) < 4.78 is 36.2. The Bertz CT molecular complexity index is 1390. The van der Waals surface area contributed by atoms with Crippen molar-refractivity contribution in [3.63, 3.8) is 0 Å². The number of alkyl halides is 2. The second kappa shape index (κ2) is 9.24. The number of rotatable bonds is 6. The number of carbonyl (C=O) groups excluding carboxylic acids is 2. The number of benzene rings is 1. The van der Waals surface area contributed by atoms with Gasteiger partial charge >= 0.3 is 5.92 Å². The van der Waals surface area contributed by atoms with Gasteiger partial charge in [0.1, 0.15) is 4.88 Å². The third-order valence-electron chi connectivity index (χ3n) is 7.97. The molecule has 1 spiro atoms. The van der Waals surface area contributed by atoms with Gasteiger partial charge in [0.25, 0.3) is 11.8 Å². The van der Waals surface area contributed by atoms with Crippen LogP contribution in [0.5, 0.6) is 0 Å². The summed E-state index contributed by atoms with van der Waals surface area (Å²) in [5.74, 6) is -5.23. The summed E-state index contributed by atoms with van der Waals surface area (Å²) in [5.41, 5.74) is 0.633. The number of halogens is 4. The number of amides is 2. The van der Waals surface area contributed by atoms with Crippen molar-refractivity contribution in [3.05, 3.63) is 62.2 Å². The molecule has 1 aliphatic heterocycles. The Morgan fingerprint density at radius 1 is 1.21 bits per heavy atom. The SMILES string of the molecule is CN(C(=O)C1CC2(C1)CN(C(=O)c1cncs1)CC2c1nnc(C(F)(F)c2ccc(Cl)c(Cl)c2)o1)C1CC1. The van der Waals surface area contributed by atoms with Gasteiger partial charge < -0.3 is 14.2 Å². The van der Waals surface area contributed by atoms with Crippen LogP contribution in [0.2, 0.25) is 10.0 Å². The monoisotopic (exact) mass is 581 g/mol. The van der Waals surface area contributed by atoms with Crippen molar-refractivity contribution in [1.29, 1.82) is 0 Å². The number of thiazole rings is 1. The summed E-state index contributed by atoms with van der Waals surface area (Å²) in [6.07, 6.45) is 4.56. The first-order valence-corrected chi connectivity index (χ1v) is 13.8. The normalized spacial score (nSPS) is 25.0. The molecule has 1 saturated heterocycles. The lowest BCUT2D eigenvalue weighted by atomic mass is 9.57. The van der Waals surface area contributed by atoms with Crippen LogP contribution in [0.3, 0.4) is 0 Å². The van der Waals surface area contributed by atoms with Crippen LogP contribution in [0, 0.1) is 11.3 Å². The Morgan fingerprint density at radius 3 is 2.63 bits per heavy atom. The largest absolute Gasteiger partial charge is 0.419 e. The van der Waals surface area contributed by atoms with E-state index in [2.05, 4.69) is 15.2 Å². The molecule has 2 aliphatic carbocycles. The second-order valence-corrected chi connectivity index (χ2v) is 12.1. The number of likely N-dealkylation sites (tertiary alicyclic amines) is 1. The van der Waals surface area contributed by atoms with E-state index in [-0.39, 0.29) is 40.2 Å². The van der Waals surface area contributed by atoms with Crippen LogP contribution in [0.15, 0.2) is 34.3 Å². The van der Waals surface area contributed by atoms with Gasteiger partial charge in [-0.2, -0.15) is 8.78 Å². The van der Waals surface area contributed by atoms with Crippen molar-refractivity contribution in [1.82, 2.24) is 25.0 Å². The van der Waals surface area contributed by atoms with Crippen LogP contribution >= 0.6 is 34.5 Å². The van der Waals surface area contributed by atoms with Crippen LogP contribution in [0.1, 0.15) is 58.6 Å². The molecular formula is C25H23Cl2F2N5O3S. The fourth-order valence-corrected chi connectivity index (χ4v) is 6.58. The van der Waals surface area contributed by atoms with Gasteiger partial charge in [0.15, 0.2) is 0 Å². The van der Waals surface area contributed by atoms with Crippen molar-refractivity contribution in [2.75, 3.05) is 20.1 Å². The van der Waals surface area contributed by atoms with Crippen molar-refractivity contribution >= 4 is 46.4 Å². The quantitative estimate of drug-likeness (QED) is 0.396. The van der Waals surface area contributed by atoms with Gasteiger partial charge in [0.2, 0.25) is 11.8 Å². The molecule has 2 amide bonds. The number of carbonyl (C=O) groups is 2. The molecule has 0 radical (unpaired) electrons. The molecule has 38 heavy (non-hydrogen) atoms. The molecule has 1 atom stereocenters. The average molecular weight is 582 g/mol. The standard InChI is InChI=1S/C25H23Cl2F2N5O3S/c1-33(15-3-4-15)21(35)13-7-24(8-13)11-34(22(36)19-9-30-12-38-19)10-16(24)20-31-32-23(37-20)25(28,29)14-2-5-17(26)18(27)6-14/h2,5-6,9,12-13,15-16H,3-4,7-8,10-11H2,1H3. The zero-order valence-corrected chi connectivity index (χ0v) is 22.6. The van der Waals surface area contributed by atoms with Crippen LogP contribution < -0.4 is 0 Å². The molecule has 1 unspecified atom stereocenters. The first kappa shape index (κ1) is 25.6. The van der Waals surface area contributed by atoms with Gasteiger partial charge in [-0.3, -0.25) is 14.6 Å². The fourth-order valence-electron chi connectivity index (χ4n) is 5.70. The molecule has 8 nitrogen and oxygen atoms in total. The first-order valence-electron chi connectivity index (χ1n) is 12.2. The number of nitrogens with zero attached hydrogens (tertiary/aromatic N) is 5. The molecule has 13 heteroatoms. The van der Waals surface area contributed by atoms with Gasteiger partial charge in [0, 0.05) is 43.1 Å². The summed E-state index contributed by atoms with van der Waals surface area (Å²) in [4.78, 5) is 34.1. The Morgan fingerprint density at radius 2 is 1.97 bits per heavy atom. The lowest BCUT2D eigenvalue weighted by Crippen LogP contribution is -2.50. The highest BCUT2D eigenvalue weighted by Crippen LogP contribution is 2.59. The van der Waals surface area contributed by atoms with Gasteiger partial charge in [-0.25, -0.2) is 0 Å². The van der Waals surface area contributed by atoms with Crippen LogP contribution in [0.25, 0.3) is 0 Å². The van der Waals surface area contributed by atoms with E-state index in [0.29, 0.717) is 30.3 Å². The highest BCUT2D eigenvalue weighted by molar-refractivity contribution is 7.11. The molecule has 0 bridgehead atoms. The number of hydrogen-bond acceptors (Lipinski definition) is 7. The van der Waals surface area contributed by atoms with Crippen molar-refractivity contribution < 1.29 is 22.8 Å². The van der Waals surface area contributed by atoms with Gasteiger partial charge in [0.05, 0.1) is 27.7 Å². The van der Waals surface area contributed by atoms with Crippen LogP contribution in [-0.2, 0) is 10.7 Å². The molecule has 6 rings (SSSR count). The fraction of sp³-hybridized carbons (Fsp3) is 0.480. The van der Waals surface area contributed by atoms with E-state index in [1.165, 1.54) is 23.6 Å². The molecule has 1 aromatic carbocycles. The van der Waals surface area contributed by atoms with Gasteiger partial charge in [-0.05, 0) is 37.8 Å². The molecule has 3 heterocycles. The van der Waals surface area contributed by atoms with Gasteiger partial charge in [-0.15, -0.1) is 21.5 Å². The second-order valence-electron chi connectivity index (χ2n) is 10.4. The molecule has 2 aromatic heterocycles. The molecule has 3 fully saturated rings. The highest BCUT2D eigenvalue weighted by atomic mass is 35.5.